The van der Waals surface area contributed by atoms with Gasteiger partial charge in [0, 0.05) is 162 Å². The highest BCUT2D eigenvalue weighted by Gasteiger charge is 2.27. The normalized spacial score (nSPS) is 15.4. The molecule has 8 aromatic carbocycles. The molecule has 0 bridgehead atoms. The molecule has 0 amide bonds. The van der Waals surface area contributed by atoms with E-state index in [1.807, 2.05) is 73.7 Å². The molecule has 4 aliphatic rings. The summed E-state index contributed by atoms with van der Waals surface area (Å²) >= 11 is 18.8. The van der Waals surface area contributed by atoms with Gasteiger partial charge in [-0.1, -0.05) is 88.9 Å². The number of benzene rings is 8. The van der Waals surface area contributed by atoms with Gasteiger partial charge in [0.25, 0.3) is 0 Å². The predicted molar refractivity (Wildman–Crippen MR) is 426 cm³/mol. The van der Waals surface area contributed by atoms with Crippen molar-refractivity contribution in [3.63, 3.8) is 0 Å². The van der Waals surface area contributed by atoms with Crippen molar-refractivity contribution in [1.82, 2.24) is 37.9 Å². The second-order valence-electron chi connectivity index (χ2n) is 28.0. The van der Waals surface area contributed by atoms with Crippen LogP contribution in [0.25, 0.3) is 90.7 Å². The number of likely N-dealkylation sites (N-methyl/N-ethyl adjacent to an activating group) is 4. The molecule has 0 aliphatic carbocycles. The molecule has 0 fully saturated rings. The summed E-state index contributed by atoms with van der Waals surface area (Å²) in [6.45, 7) is 18.5. The molecular formula is C87H88Cl3F3N8O2. The molecule has 0 N–H and O–H groups in total. The van der Waals surface area contributed by atoms with Crippen LogP contribution < -0.4 is 9.47 Å². The van der Waals surface area contributed by atoms with E-state index in [9.17, 15) is 13.2 Å². The van der Waals surface area contributed by atoms with Gasteiger partial charge in [0.2, 0.25) is 0 Å². The number of fused-ring (bicyclic) bond motifs is 12. The number of halogens is 6. The van der Waals surface area contributed by atoms with E-state index < -0.39 is 0 Å². The Balaban J connectivity index is 0.000000122. The van der Waals surface area contributed by atoms with E-state index in [1.165, 1.54) is 137 Å². The molecule has 0 radical (unpaired) electrons. The van der Waals surface area contributed by atoms with Crippen molar-refractivity contribution < 1.29 is 22.6 Å². The minimum Gasteiger partial charge on any atom is -0.497 e. The maximum atomic E-state index is 14.1. The Hall–Kier alpha value is -9.02. The van der Waals surface area contributed by atoms with Crippen LogP contribution in [0.1, 0.15) is 101 Å². The lowest BCUT2D eigenvalue weighted by molar-refractivity contribution is 0.312. The second-order valence-corrected chi connectivity index (χ2v) is 29.3. The van der Waals surface area contributed by atoms with Gasteiger partial charge in [0.15, 0.2) is 11.6 Å². The van der Waals surface area contributed by atoms with E-state index in [-0.39, 0.29) is 23.2 Å². The maximum Gasteiger partial charge on any atom is 0.165 e. The molecule has 12 aromatic rings. The number of aryl methyl sites for hydroxylation is 1. The first-order valence-corrected chi connectivity index (χ1v) is 36.3. The summed E-state index contributed by atoms with van der Waals surface area (Å²) in [5.74, 6) is 0.378. The predicted octanol–water partition coefficient (Wildman–Crippen LogP) is 21.3. The number of rotatable bonds is 10. The van der Waals surface area contributed by atoms with Crippen molar-refractivity contribution in [3.05, 3.63) is 269 Å². The van der Waals surface area contributed by atoms with Crippen LogP contribution in [0, 0.1) is 24.4 Å². The zero-order valence-electron chi connectivity index (χ0n) is 60.5. The number of allylic oxidation sites excluding steroid dienone is 4. The summed E-state index contributed by atoms with van der Waals surface area (Å²) in [5.41, 5.74) is 25.6. The van der Waals surface area contributed by atoms with Gasteiger partial charge in [-0.05, 0) is 245 Å². The third kappa shape index (κ3) is 15.6. The molecule has 0 saturated carbocycles. The van der Waals surface area contributed by atoms with Crippen LogP contribution in [-0.2, 0) is 51.9 Å². The Labute approximate surface area is 617 Å². The van der Waals surface area contributed by atoms with Crippen LogP contribution in [0.15, 0.2) is 164 Å². The molecule has 16 rings (SSSR count). The van der Waals surface area contributed by atoms with Gasteiger partial charge in [-0.3, -0.25) is 0 Å². The lowest BCUT2D eigenvalue weighted by atomic mass is 10.0. The quantitative estimate of drug-likeness (QED) is 0.136. The molecule has 8 heterocycles. The van der Waals surface area contributed by atoms with Gasteiger partial charge in [-0.15, -0.1) is 0 Å². The molecule has 0 saturated heterocycles. The summed E-state index contributed by atoms with van der Waals surface area (Å²) in [6.07, 6.45) is 12.8. The van der Waals surface area contributed by atoms with Gasteiger partial charge in [0.1, 0.15) is 17.4 Å². The van der Waals surface area contributed by atoms with Crippen LogP contribution in [-0.4, -0.2) is 106 Å². The molecule has 0 unspecified atom stereocenters. The Morgan fingerprint density at radius 1 is 0.359 bits per heavy atom. The zero-order valence-corrected chi connectivity index (χ0v) is 62.8. The van der Waals surface area contributed by atoms with E-state index in [2.05, 4.69) is 179 Å². The lowest BCUT2D eigenvalue weighted by Gasteiger charge is -2.23. The zero-order chi connectivity index (χ0) is 72.5. The SMILES string of the molecule is C/C(=C\n1c2c(c3cc(C)ccc31)CN(C)CC2)c1ccc(F)cc1.C/C(=C\n1c2c(c3cc(Cl)ccc31)CN(C)CC2)c1ccc(F)cc1.COc1ccc(/C(C)=C/n2c3c(c4cc(Cl)ccc42)CN(C)CC3)cc1.COc1ccc(/C(C)=C/n2c3c(c4cc(Cl)ccc42)CN(C)CC3)cc1F. The van der Waals surface area contributed by atoms with Crippen LogP contribution in [0.5, 0.6) is 11.5 Å². The Morgan fingerprint density at radius 2 is 0.660 bits per heavy atom. The highest BCUT2D eigenvalue weighted by molar-refractivity contribution is 6.32. The van der Waals surface area contributed by atoms with Gasteiger partial charge in [-0.25, -0.2) is 13.2 Å². The van der Waals surface area contributed by atoms with Crippen molar-refractivity contribution in [1.29, 1.82) is 0 Å². The lowest BCUT2D eigenvalue weighted by Crippen LogP contribution is -2.26. The van der Waals surface area contributed by atoms with E-state index in [1.54, 1.807) is 13.2 Å². The Kier molecular flexibility index (Phi) is 21.9. The maximum absolute atomic E-state index is 14.1. The highest BCUT2D eigenvalue weighted by atomic mass is 35.5. The average molecular weight is 1440 g/mol. The van der Waals surface area contributed by atoms with Crippen molar-refractivity contribution in [3.8, 4) is 11.5 Å². The Bertz CT molecular complexity index is 5130. The van der Waals surface area contributed by atoms with Crippen molar-refractivity contribution >= 4 is 126 Å². The molecule has 16 heteroatoms. The van der Waals surface area contributed by atoms with E-state index in [0.29, 0.717) is 0 Å². The first-order valence-electron chi connectivity index (χ1n) is 35.1. The van der Waals surface area contributed by atoms with Crippen LogP contribution in [0.2, 0.25) is 15.1 Å². The van der Waals surface area contributed by atoms with Crippen LogP contribution >= 0.6 is 34.8 Å². The number of nitrogens with zero attached hydrogens (tertiary/aromatic N) is 8. The first kappa shape index (κ1) is 72.3. The molecule has 4 aliphatic heterocycles. The summed E-state index contributed by atoms with van der Waals surface area (Å²) < 4.78 is 60.0. The summed E-state index contributed by atoms with van der Waals surface area (Å²) in [7, 11) is 11.8. The molecule has 103 heavy (non-hydrogen) atoms. The van der Waals surface area contributed by atoms with Crippen molar-refractivity contribution in [2.24, 2.45) is 0 Å². The average Bonchev–Trinajstić information content (AvgIpc) is 1.63. The number of hydrogen-bond donors (Lipinski definition) is 0. The minimum atomic E-state index is -0.351. The largest absolute Gasteiger partial charge is 0.497 e. The highest BCUT2D eigenvalue weighted by Crippen LogP contribution is 2.39. The van der Waals surface area contributed by atoms with Crippen LogP contribution in [0.3, 0.4) is 0 Å². The third-order valence-electron chi connectivity index (χ3n) is 20.6. The Morgan fingerprint density at radius 3 is 0.981 bits per heavy atom. The standard InChI is InChI=1S/C22H22ClFN2O.C22H23ClN2O.C22H23FN2.C21H20ClFN2/c1-14(15-4-7-22(27-3)19(24)10-15)12-26-20-6-5-16(23)11-17(20)18-13-25(2)9-8-21(18)26;1-15(16-4-7-18(26-3)8-5-16)13-25-21-9-6-17(23)12-19(21)20-14-24(2)11-10-22(20)25;1-15-4-9-21-19(12-15)20-14-24(3)11-10-22(20)25(21)13-16(2)17-5-7-18(23)8-6-17;1-14(15-3-6-17(23)7-4-15)12-25-20-8-5-16(22)11-18(20)19-13-24(2)10-9-21(19)25/h4-7,10-12H,8-9,13H2,1-3H3;4-9,12-13H,10-11,14H2,1-3H3;4-9,12-13H,10-11,14H2,1-3H3;3-8,11-12H,9-10,13H2,1-2H3/b14-12+;15-13+;16-13+;14-12+. The fourth-order valence-electron chi connectivity index (χ4n) is 15.0. The van der Waals surface area contributed by atoms with E-state index in [4.69, 9.17) is 44.3 Å². The monoisotopic (exact) mass is 1440 g/mol. The van der Waals surface area contributed by atoms with Crippen LogP contribution in [0.4, 0.5) is 13.2 Å². The van der Waals surface area contributed by atoms with Gasteiger partial charge < -0.3 is 47.3 Å². The van der Waals surface area contributed by atoms with Crippen molar-refractivity contribution in [2.75, 3.05) is 68.6 Å². The molecule has 10 nitrogen and oxygen atoms in total. The fourth-order valence-corrected chi connectivity index (χ4v) is 15.5. The van der Waals surface area contributed by atoms with Gasteiger partial charge in [0.05, 0.1) is 36.3 Å². The summed E-state index contributed by atoms with van der Waals surface area (Å²) in [6, 6.07) is 51.7. The van der Waals surface area contributed by atoms with Gasteiger partial charge >= 0.3 is 0 Å². The minimum absolute atomic E-state index is 0.196. The summed E-state index contributed by atoms with van der Waals surface area (Å²) in [5, 5.41) is 7.32. The smallest absolute Gasteiger partial charge is 0.165 e. The molecule has 0 atom stereocenters. The molecular weight excluding hydrogens is 1350 g/mol. The molecule has 530 valence electrons. The van der Waals surface area contributed by atoms with Crippen molar-refractivity contribution in [2.45, 2.75) is 86.5 Å². The number of methoxy groups -OCH3 is 2. The fraction of sp³-hybridized carbons (Fsp3) is 0.264. The number of ether oxygens (including phenoxy) is 2. The van der Waals surface area contributed by atoms with Gasteiger partial charge in [-0.2, -0.15) is 0 Å². The molecule has 0 spiro atoms. The number of aromatic nitrogens is 4. The second kappa shape index (κ2) is 31.1. The third-order valence-corrected chi connectivity index (χ3v) is 21.3. The molecule has 4 aromatic heterocycles. The van der Waals surface area contributed by atoms with E-state index >= 15 is 0 Å². The van der Waals surface area contributed by atoms with E-state index in [0.717, 1.165) is 138 Å². The summed E-state index contributed by atoms with van der Waals surface area (Å²) in [4.78, 5) is 9.41. The number of hydrogen-bond acceptors (Lipinski definition) is 6. The first-order chi connectivity index (χ1) is 49.6. The topological polar surface area (TPSA) is 51.1 Å².